The molecule has 1 aromatic rings. The number of nitrogens with one attached hydrogen (secondary N) is 1. The lowest BCUT2D eigenvalue weighted by atomic mass is 10.1. The van der Waals surface area contributed by atoms with Gasteiger partial charge in [-0.15, -0.1) is 0 Å². The first-order chi connectivity index (χ1) is 7.02. The Morgan fingerprint density at radius 3 is 2.93 bits per heavy atom. The zero-order valence-electron chi connectivity index (χ0n) is 8.88. The van der Waals surface area contributed by atoms with Crippen molar-refractivity contribution >= 4 is 21.6 Å². The molecule has 1 aliphatic carbocycles. The lowest BCUT2D eigenvalue weighted by Gasteiger charge is -2.12. The lowest BCUT2D eigenvalue weighted by Crippen LogP contribution is -2.22. The van der Waals surface area contributed by atoms with E-state index in [1.165, 1.54) is 17.5 Å². The molecule has 2 rings (SSSR count). The molecule has 1 heterocycles. The number of halogens is 1. The van der Waals surface area contributed by atoms with Crippen molar-refractivity contribution in [1.29, 1.82) is 0 Å². The normalized spacial score (nSPS) is 17.5. The summed E-state index contributed by atoms with van der Waals surface area (Å²) in [6.07, 6.45) is 4.20. The zero-order valence-corrected chi connectivity index (χ0v) is 10.5. The van der Waals surface area contributed by atoms with E-state index in [9.17, 15) is 4.79 Å². The molecule has 15 heavy (non-hydrogen) atoms. The topological polar surface area (TPSA) is 46.9 Å². The molecule has 0 radical (unpaired) electrons. The van der Waals surface area contributed by atoms with Gasteiger partial charge in [-0.25, -0.2) is 4.68 Å². The van der Waals surface area contributed by atoms with Gasteiger partial charge in [0.2, 0.25) is 0 Å². The number of rotatable bonds is 3. The van der Waals surface area contributed by atoms with Crippen LogP contribution in [-0.4, -0.2) is 16.3 Å². The average Bonchev–Trinajstić information content (AvgIpc) is 2.93. The fraction of sp³-hybridized carbons (Fsp3) is 0.600. The highest BCUT2D eigenvalue weighted by Crippen LogP contribution is 2.44. The number of hydrogen-bond acceptors (Lipinski definition) is 3. The van der Waals surface area contributed by atoms with Crippen LogP contribution in [0.1, 0.15) is 19.8 Å². The summed E-state index contributed by atoms with van der Waals surface area (Å²) in [4.78, 5) is 11.5. The van der Waals surface area contributed by atoms with Gasteiger partial charge in [-0.05, 0) is 34.2 Å². The molecule has 0 aromatic carbocycles. The fourth-order valence-electron chi connectivity index (χ4n) is 1.33. The molecule has 0 atom stereocenters. The second kappa shape index (κ2) is 3.63. The zero-order chi connectivity index (χ0) is 11.1. The minimum absolute atomic E-state index is 0.110. The Bertz CT molecular complexity index is 437. The molecule has 0 spiro atoms. The van der Waals surface area contributed by atoms with Crippen LogP contribution < -0.4 is 10.9 Å². The number of aryl methyl sites for hydroxylation is 1. The Morgan fingerprint density at radius 1 is 1.67 bits per heavy atom. The number of aromatic nitrogens is 2. The van der Waals surface area contributed by atoms with E-state index in [-0.39, 0.29) is 5.56 Å². The van der Waals surface area contributed by atoms with E-state index in [1.807, 2.05) is 0 Å². The lowest BCUT2D eigenvalue weighted by molar-refractivity contribution is 0.609. The summed E-state index contributed by atoms with van der Waals surface area (Å²) in [5, 5.41) is 7.23. The van der Waals surface area contributed by atoms with Crippen molar-refractivity contribution in [3.05, 3.63) is 21.0 Å². The molecular weight excluding hydrogens is 258 g/mol. The average molecular weight is 272 g/mol. The maximum Gasteiger partial charge on any atom is 0.282 e. The Morgan fingerprint density at radius 2 is 2.33 bits per heavy atom. The van der Waals surface area contributed by atoms with Crippen LogP contribution in [0.3, 0.4) is 0 Å². The van der Waals surface area contributed by atoms with Crippen molar-refractivity contribution in [2.24, 2.45) is 12.5 Å². The molecule has 1 aliphatic rings. The van der Waals surface area contributed by atoms with Gasteiger partial charge >= 0.3 is 0 Å². The van der Waals surface area contributed by atoms with Crippen LogP contribution in [0.4, 0.5) is 5.69 Å². The van der Waals surface area contributed by atoms with Crippen LogP contribution in [0, 0.1) is 5.41 Å². The summed E-state index contributed by atoms with van der Waals surface area (Å²) in [7, 11) is 1.64. The third-order valence-corrected chi connectivity index (χ3v) is 3.65. The van der Waals surface area contributed by atoms with Crippen molar-refractivity contribution < 1.29 is 0 Å². The number of nitrogens with zero attached hydrogens (tertiary/aromatic N) is 2. The molecule has 1 aromatic heterocycles. The molecule has 5 heteroatoms. The van der Waals surface area contributed by atoms with Crippen molar-refractivity contribution in [1.82, 2.24) is 9.78 Å². The second-order valence-corrected chi connectivity index (χ2v) is 5.26. The van der Waals surface area contributed by atoms with Gasteiger partial charge in [0.25, 0.3) is 5.56 Å². The highest BCUT2D eigenvalue weighted by atomic mass is 79.9. The van der Waals surface area contributed by atoms with E-state index in [1.54, 1.807) is 13.2 Å². The van der Waals surface area contributed by atoms with Crippen LogP contribution in [-0.2, 0) is 7.05 Å². The molecule has 82 valence electrons. The van der Waals surface area contributed by atoms with E-state index in [0.717, 1.165) is 12.2 Å². The standard InChI is InChI=1S/C10H14BrN3O/c1-10(3-4-10)6-12-7-5-13-14(2)9(15)8(7)11/h5,12H,3-4,6H2,1-2H3. The highest BCUT2D eigenvalue weighted by Gasteiger charge is 2.36. The second-order valence-electron chi connectivity index (χ2n) is 4.47. The van der Waals surface area contributed by atoms with Gasteiger partial charge < -0.3 is 5.32 Å². The van der Waals surface area contributed by atoms with Crippen LogP contribution in [0.5, 0.6) is 0 Å². The maximum atomic E-state index is 11.5. The van der Waals surface area contributed by atoms with Gasteiger partial charge in [-0.1, -0.05) is 6.92 Å². The first-order valence-electron chi connectivity index (χ1n) is 4.98. The molecule has 0 aliphatic heterocycles. The van der Waals surface area contributed by atoms with Crippen molar-refractivity contribution in [2.45, 2.75) is 19.8 Å². The summed E-state index contributed by atoms with van der Waals surface area (Å²) in [6, 6.07) is 0. The Kier molecular flexibility index (Phi) is 2.58. The fourth-order valence-corrected chi connectivity index (χ4v) is 1.83. The smallest absolute Gasteiger partial charge is 0.282 e. The summed E-state index contributed by atoms with van der Waals surface area (Å²) in [5.74, 6) is 0. The third-order valence-electron chi connectivity index (χ3n) is 2.89. The molecule has 1 saturated carbocycles. The molecule has 0 amide bonds. The molecule has 0 bridgehead atoms. The van der Waals surface area contributed by atoms with Gasteiger partial charge in [0.15, 0.2) is 0 Å². The monoisotopic (exact) mass is 271 g/mol. The van der Waals surface area contributed by atoms with Crippen LogP contribution >= 0.6 is 15.9 Å². The molecule has 1 fully saturated rings. The SMILES string of the molecule is Cn1ncc(NCC2(C)CC2)c(Br)c1=O. The summed E-state index contributed by atoms with van der Waals surface area (Å²) >= 11 is 3.28. The van der Waals surface area contributed by atoms with Crippen LogP contribution in [0.2, 0.25) is 0 Å². The summed E-state index contributed by atoms with van der Waals surface area (Å²) in [5.41, 5.74) is 1.09. The van der Waals surface area contributed by atoms with Gasteiger partial charge in [-0.3, -0.25) is 4.79 Å². The first kappa shape index (κ1) is 10.7. The highest BCUT2D eigenvalue weighted by molar-refractivity contribution is 9.10. The largest absolute Gasteiger partial charge is 0.382 e. The Balaban J connectivity index is 2.15. The van der Waals surface area contributed by atoms with E-state index in [0.29, 0.717) is 9.89 Å². The number of hydrogen-bond donors (Lipinski definition) is 1. The molecule has 0 unspecified atom stereocenters. The minimum atomic E-state index is -0.110. The van der Waals surface area contributed by atoms with Crippen LogP contribution in [0.15, 0.2) is 15.5 Å². The van der Waals surface area contributed by atoms with Crippen molar-refractivity contribution in [2.75, 3.05) is 11.9 Å². The molecular formula is C10H14BrN3O. The van der Waals surface area contributed by atoms with Gasteiger partial charge in [0.1, 0.15) is 4.47 Å². The van der Waals surface area contributed by atoms with Gasteiger partial charge in [0, 0.05) is 13.6 Å². The number of anilines is 1. The van der Waals surface area contributed by atoms with Crippen molar-refractivity contribution in [3.63, 3.8) is 0 Å². The predicted octanol–water partition coefficient (Wildman–Crippen LogP) is 1.75. The minimum Gasteiger partial charge on any atom is -0.382 e. The predicted molar refractivity (Wildman–Crippen MR) is 63.0 cm³/mol. The van der Waals surface area contributed by atoms with E-state index >= 15 is 0 Å². The first-order valence-corrected chi connectivity index (χ1v) is 5.77. The quantitative estimate of drug-likeness (QED) is 0.912. The van der Waals surface area contributed by atoms with E-state index in [2.05, 4.69) is 33.3 Å². The third kappa shape index (κ3) is 2.22. The van der Waals surface area contributed by atoms with E-state index in [4.69, 9.17) is 0 Å². The van der Waals surface area contributed by atoms with Gasteiger partial charge in [0.05, 0.1) is 11.9 Å². The van der Waals surface area contributed by atoms with Gasteiger partial charge in [-0.2, -0.15) is 5.10 Å². The Labute approximate surface area is 96.8 Å². The van der Waals surface area contributed by atoms with Crippen LogP contribution in [0.25, 0.3) is 0 Å². The van der Waals surface area contributed by atoms with E-state index < -0.39 is 0 Å². The molecule has 4 nitrogen and oxygen atoms in total. The summed E-state index contributed by atoms with van der Waals surface area (Å²) < 4.78 is 1.87. The Hall–Kier alpha value is -0.840. The summed E-state index contributed by atoms with van der Waals surface area (Å²) in [6.45, 7) is 3.14. The maximum absolute atomic E-state index is 11.5. The molecule has 0 saturated heterocycles. The van der Waals surface area contributed by atoms with Crippen molar-refractivity contribution in [3.8, 4) is 0 Å². The molecule has 1 N–H and O–H groups in total.